The molecule has 0 atom stereocenters. The summed E-state index contributed by atoms with van der Waals surface area (Å²) >= 11 is 0.767. The molecule has 1 aliphatic rings. The molecule has 0 spiro atoms. The molecule has 32 heavy (non-hydrogen) atoms. The highest BCUT2D eigenvalue weighted by Gasteiger charge is 2.35. The number of carbonyl (C=O) groups excluding carboxylic acids is 3. The van der Waals surface area contributed by atoms with Gasteiger partial charge in [0.2, 0.25) is 5.91 Å². The number of hydrogen-bond donors (Lipinski definition) is 1. The Kier molecular flexibility index (Phi) is 7.72. The number of benzene rings is 2. The van der Waals surface area contributed by atoms with Crippen LogP contribution in [0.2, 0.25) is 0 Å². The fourth-order valence-corrected chi connectivity index (χ4v) is 4.01. The summed E-state index contributed by atoms with van der Waals surface area (Å²) in [5.41, 5.74) is 7.66. The van der Waals surface area contributed by atoms with Crippen LogP contribution in [0.4, 0.5) is 4.79 Å². The average Bonchev–Trinajstić information content (AvgIpc) is 3.01. The van der Waals surface area contributed by atoms with Crippen molar-refractivity contribution in [2.75, 3.05) is 13.2 Å². The third kappa shape index (κ3) is 5.59. The first kappa shape index (κ1) is 23.1. The summed E-state index contributed by atoms with van der Waals surface area (Å²) in [4.78, 5) is 36.8. The van der Waals surface area contributed by atoms with Gasteiger partial charge >= 0.3 is 0 Å². The van der Waals surface area contributed by atoms with Crippen LogP contribution in [0.15, 0.2) is 60.0 Å². The van der Waals surface area contributed by atoms with E-state index in [1.807, 2.05) is 43.3 Å². The molecule has 1 saturated heterocycles. The van der Waals surface area contributed by atoms with Gasteiger partial charge in [-0.3, -0.25) is 19.3 Å². The lowest BCUT2D eigenvalue weighted by molar-refractivity contribution is -0.127. The molecule has 1 fully saturated rings. The third-order valence-corrected chi connectivity index (χ3v) is 5.44. The first-order valence-corrected chi connectivity index (χ1v) is 10.9. The van der Waals surface area contributed by atoms with Crippen LogP contribution in [-0.4, -0.2) is 35.1 Å². The molecular weight excluding hydrogens is 428 g/mol. The van der Waals surface area contributed by atoms with Gasteiger partial charge in [0.15, 0.2) is 11.5 Å². The molecular formula is C24H24N2O5S. The van der Waals surface area contributed by atoms with E-state index in [-0.39, 0.29) is 4.91 Å². The Morgan fingerprint density at radius 2 is 1.94 bits per heavy atom. The van der Waals surface area contributed by atoms with Crippen LogP contribution in [0.25, 0.3) is 6.08 Å². The highest BCUT2D eigenvalue weighted by Crippen LogP contribution is 2.37. The summed E-state index contributed by atoms with van der Waals surface area (Å²) in [6.45, 7) is 6.04. The molecule has 2 aromatic rings. The Hall–Kier alpha value is -3.52. The van der Waals surface area contributed by atoms with Crippen molar-refractivity contribution < 1.29 is 23.9 Å². The van der Waals surface area contributed by atoms with E-state index < -0.39 is 23.6 Å². The predicted octanol–water partition coefficient (Wildman–Crippen LogP) is 3.91. The van der Waals surface area contributed by atoms with Gasteiger partial charge in [-0.2, -0.15) is 0 Å². The van der Waals surface area contributed by atoms with E-state index in [2.05, 4.69) is 6.58 Å². The molecule has 1 heterocycles. The Morgan fingerprint density at radius 1 is 1.19 bits per heavy atom. The highest BCUT2D eigenvalue weighted by molar-refractivity contribution is 8.18. The average molecular weight is 453 g/mol. The number of carbonyl (C=O) groups is 3. The van der Waals surface area contributed by atoms with Gasteiger partial charge in [-0.1, -0.05) is 36.4 Å². The van der Waals surface area contributed by atoms with Crippen molar-refractivity contribution in [2.24, 2.45) is 5.73 Å². The largest absolute Gasteiger partial charge is 0.490 e. The van der Waals surface area contributed by atoms with Crippen LogP contribution in [0.1, 0.15) is 23.6 Å². The number of primary amides is 1. The molecule has 0 aromatic heterocycles. The zero-order valence-corrected chi connectivity index (χ0v) is 18.5. The molecule has 7 nitrogen and oxygen atoms in total. The quantitative estimate of drug-likeness (QED) is 0.433. The molecule has 0 bridgehead atoms. The summed E-state index contributed by atoms with van der Waals surface area (Å²) in [7, 11) is 0. The lowest BCUT2D eigenvalue weighted by Gasteiger charge is -2.17. The van der Waals surface area contributed by atoms with E-state index in [1.165, 1.54) is 0 Å². The summed E-state index contributed by atoms with van der Waals surface area (Å²) in [5.74, 6) is -0.160. The van der Waals surface area contributed by atoms with Crippen LogP contribution in [-0.2, 0) is 22.6 Å². The molecule has 2 aromatic carbocycles. The standard InChI is InChI=1S/C24H24N2O5S/c1-3-8-18-11-17(13-20-23(28)26(14-21(25)27)24(29)32-20)12-19(30-4-2)22(18)31-15-16-9-6-5-7-10-16/h3,5-7,9-13H,1,4,8,14-15H2,2H3,(H2,25,27)/b20-13-. The maximum absolute atomic E-state index is 12.5. The van der Waals surface area contributed by atoms with E-state index >= 15 is 0 Å². The second kappa shape index (κ2) is 10.7. The second-order valence-corrected chi connectivity index (χ2v) is 7.93. The first-order chi connectivity index (χ1) is 15.4. The maximum atomic E-state index is 12.5. The fourth-order valence-electron chi connectivity index (χ4n) is 3.17. The lowest BCUT2D eigenvalue weighted by atomic mass is 10.0. The first-order valence-electron chi connectivity index (χ1n) is 10.0. The molecule has 3 amide bonds. The number of thioether (sulfide) groups is 1. The van der Waals surface area contributed by atoms with Gasteiger partial charge in [-0.15, -0.1) is 6.58 Å². The molecule has 1 aliphatic heterocycles. The summed E-state index contributed by atoms with van der Waals surface area (Å²) < 4.78 is 11.9. The van der Waals surface area contributed by atoms with Crippen LogP contribution >= 0.6 is 11.8 Å². The van der Waals surface area contributed by atoms with Crippen molar-refractivity contribution in [3.63, 3.8) is 0 Å². The topological polar surface area (TPSA) is 98.9 Å². The minimum absolute atomic E-state index is 0.209. The Morgan fingerprint density at radius 3 is 2.59 bits per heavy atom. The number of ether oxygens (including phenoxy) is 2. The molecule has 0 unspecified atom stereocenters. The monoisotopic (exact) mass is 452 g/mol. The number of hydrogen-bond acceptors (Lipinski definition) is 6. The number of imide groups is 1. The van der Waals surface area contributed by atoms with Crippen LogP contribution in [0.3, 0.4) is 0 Å². The van der Waals surface area contributed by atoms with Crippen molar-refractivity contribution in [3.05, 3.63) is 76.7 Å². The molecule has 3 rings (SSSR count). The minimum Gasteiger partial charge on any atom is -0.490 e. The Balaban J connectivity index is 1.94. The number of nitrogens with zero attached hydrogens (tertiary/aromatic N) is 1. The van der Waals surface area contributed by atoms with Gasteiger partial charge in [-0.25, -0.2) is 0 Å². The van der Waals surface area contributed by atoms with E-state index in [4.69, 9.17) is 15.2 Å². The number of allylic oxidation sites excluding steroid dienone is 1. The van der Waals surface area contributed by atoms with Crippen molar-refractivity contribution >= 4 is 34.9 Å². The minimum atomic E-state index is -0.750. The normalized spacial score (nSPS) is 14.7. The molecule has 0 aliphatic carbocycles. The predicted molar refractivity (Wildman–Crippen MR) is 124 cm³/mol. The molecule has 0 radical (unpaired) electrons. The fraction of sp³-hybridized carbons (Fsp3) is 0.208. The zero-order chi connectivity index (χ0) is 23.1. The lowest BCUT2D eigenvalue weighted by Crippen LogP contribution is -2.36. The van der Waals surface area contributed by atoms with Crippen LogP contribution in [0.5, 0.6) is 11.5 Å². The molecule has 2 N–H and O–H groups in total. The van der Waals surface area contributed by atoms with E-state index in [0.29, 0.717) is 36.7 Å². The van der Waals surface area contributed by atoms with Gasteiger partial charge < -0.3 is 15.2 Å². The highest BCUT2D eigenvalue weighted by atomic mass is 32.2. The summed E-state index contributed by atoms with van der Waals surface area (Å²) in [6, 6.07) is 13.4. The second-order valence-electron chi connectivity index (χ2n) is 6.94. The van der Waals surface area contributed by atoms with Crippen molar-refractivity contribution in [2.45, 2.75) is 20.0 Å². The summed E-state index contributed by atoms with van der Waals surface area (Å²) in [6.07, 6.45) is 3.88. The maximum Gasteiger partial charge on any atom is 0.294 e. The van der Waals surface area contributed by atoms with Crippen molar-refractivity contribution in [1.82, 2.24) is 4.90 Å². The smallest absolute Gasteiger partial charge is 0.294 e. The van der Waals surface area contributed by atoms with Gasteiger partial charge in [0.05, 0.1) is 11.5 Å². The van der Waals surface area contributed by atoms with Crippen LogP contribution < -0.4 is 15.2 Å². The van der Waals surface area contributed by atoms with E-state index in [0.717, 1.165) is 27.8 Å². The Bertz CT molecular complexity index is 1070. The molecule has 0 saturated carbocycles. The third-order valence-electron chi connectivity index (χ3n) is 4.53. The number of amides is 3. The van der Waals surface area contributed by atoms with E-state index in [9.17, 15) is 14.4 Å². The van der Waals surface area contributed by atoms with E-state index in [1.54, 1.807) is 18.2 Å². The SMILES string of the molecule is C=CCc1cc(/C=C2\SC(=O)N(CC(N)=O)C2=O)cc(OCC)c1OCc1ccccc1. The summed E-state index contributed by atoms with van der Waals surface area (Å²) in [5, 5.41) is -0.529. The van der Waals surface area contributed by atoms with Gasteiger partial charge in [0.25, 0.3) is 11.1 Å². The Labute approximate surface area is 190 Å². The van der Waals surface area contributed by atoms with Crippen molar-refractivity contribution in [3.8, 4) is 11.5 Å². The van der Waals surface area contributed by atoms with Crippen LogP contribution in [0, 0.1) is 0 Å². The zero-order valence-electron chi connectivity index (χ0n) is 17.7. The number of rotatable bonds is 10. The number of nitrogens with two attached hydrogens (primary N) is 1. The van der Waals surface area contributed by atoms with Gasteiger partial charge in [-0.05, 0) is 54.4 Å². The molecule has 166 valence electrons. The van der Waals surface area contributed by atoms with Gasteiger partial charge in [0, 0.05) is 5.56 Å². The molecule has 8 heteroatoms. The van der Waals surface area contributed by atoms with Crippen molar-refractivity contribution in [1.29, 1.82) is 0 Å². The van der Waals surface area contributed by atoms with Gasteiger partial charge in [0.1, 0.15) is 13.2 Å².